The molecule has 4 amide bonds. The predicted molar refractivity (Wildman–Crippen MR) is 391 cm³/mol. The number of aliphatic imine (C=N–C) groups is 2. The zero-order valence-electron chi connectivity index (χ0n) is 64.8. The molecule has 2 N–H and O–H groups in total. The Kier molecular flexibility index (Phi) is 29.1. The molecule has 0 saturated heterocycles. The zero-order valence-corrected chi connectivity index (χ0v) is 64.8. The Morgan fingerprint density at radius 2 is 0.792 bits per heavy atom. The number of para-hydroxylation sites is 2. The van der Waals surface area contributed by atoms with E-state index >= 15 is 9.59 Å². The van der Waals surface area contributed by atoms with Crippen molar-refractivity contribution in [2.45, 2.75) is 223 Å². The summed E-state index contributed by atoms with van der Waals surface area (Å²) in [5, 5.41) is 5.19. The maximum absolute atomic E-state index is 15.4. The van der Waals surface area contributed by atoms with Gasteiger partial charge in [-0.3, -0.25) is 29.8 Å². The highest BCUT2D eigenvalue weighted by molar-refractivity contribution is 6.03. The smallest absolute Gasteiger partial charge is 0.413 e. The standard InChI is InChI=1S/C78H104N6O22/c1-47(81-71(93)105-77(15,16)17)79-51-31-33-53-49(43-51)25-23-37-97-63-55(27-21-29-59(63)99-67(53)89)65(87)83(57(69(91)103-75(9,10)11)45-61(85)101-73(3,4)5)35-39-95-41-42-96-40-36-84(58(70(92)104-76(12,13)14)46-62(86)102-74(6,7)8)66(88)56-28-22-30-60-64(56)98-38-24-26-50-44-52(32-34-54(50)68(90)100-60)80-48(2)82-72(94)106-78(18,19)20/h21-22,27-34,43-44,57-58H,23-26,35-42,45-46H2,1-20H3,(H,79,81,93)(H,80,82,94)/t57-,58-/m1/s1. The summed E-state index contributed by atoms with van der Waals surface area (Å²) in [5.74, 6) is -6.82. The van der Waals surface area contributed by atoms with E-state index in [0.717, 1.165) is 9.80 Å². The number of fused-ring (bicyclic) bond motifs is 4. The molecule has 2 heterocycles. The third-order valence-corrected chi connectivity index (χ3v) is 14.6. The molecule has 4 aromatic rings. The molecule has 0 aliphatic carbocycles. The van der Waals surface area contributed by atoms with Crippen LogP contribution in [0.2, 0.25) is 0 Å². The maximum atomic E-state index is 15.4. The van der Waals surface area contributed by atoms with Crippen LogP contribution in [0.4, 0.5) is 21.0 Å². The van der Waals surface area contributed by atoms with E-state index in [2.05, 4.69) is 20.6 Å². The van der Waals surface area contributed by atoms with Gasteiger partial charge in [-0.25, -0.2) is 38.8 Å². The van der Waals surface area contributed by atoms with Crippen molar-refractivity contribution in [1.29, 1.82) is 0 Å². The number of esters is 6. The first kappa shape index (κ1) is 85.0. The highest BCUT2D eigenvalue weighted by Gasteiger charge is 2.41. The number of aryl methyl sites for hydroxylation is 2. The Labute approximate surface area is 620 Å². The third kappa shape index (κ3) is 27.8. The fourth-order valence-electron chi connectivity index (χ4n) is 10.7. The molecule has 0 saturated carbocycles. The molecule has 578 valence electrons. The SMILES string of the molecule is CC(=Nc1ccc2c(c1)CCCOc1c(cccc1C(=O)N(CCOCCOCCN(C(=O)c1cccc3c1OCCCc1cc(N=C(C)NC(=O)OC(C)(C)C)ccc1C(=O)O3)[C@H](CC(=O)OC(C)(C)C)C(=O)OC(C)(C)C)[C@H](CC(=O)OC(C)(C)C)C(=O)OC(C)(C)C)OC2=O)NC(=O)OC(C)(C)C. The Bertz CT molecular complexity index is 3680. The molecule has 28 nitrogen and oxygen atoms in total. The monoisotopic (exact) mass is 1480 g/mol. The van der Waals surface area contributed by atoms with Crippen LogP contribution < -0.4 is 29.6 Å². The van der Waals surface area contributed by atoms with Gasteiger partial charge >= 0.3 is 48.0 Å². The molecule has 0 bridgehead atoms. The molecule has 28 heteroatoms. The van der Waals surface area contributed by atoms with Crippen LogP contribution >= 0.6 is 0 Å². The Balaban J connectivity index is 1.26. The number of hydrogen-bond acceptors (Lipinski definition) is 24. The van der Waals surface area contributed by atoms with Crippen molar-refractivity contribution in [2.24, 2.45) is 9.98 Å². The van der Waals surface area contributed by atoms with Crippen LogP contribution in [0.3, 0.4) is 0 Å². The molecule has 0 spiro atoms. The number of ether oxygens (including phenoxy) is 12. The minimum Gasteiger partial charge on any atom is -0.489 e. The van der Waals surface area contributed by atoms with Crippen molar-refractivity contribution in [3.8, 4) is 23.0 Å². The quantitative estimate of drug-likeness (QED) is 0.0195. The number of alkyl carbamates (subject to hydrolysis) is 2. The van der Waals surface area contributed by atoms with E-state index in [-0.39, 0.29) is 110 Å². The van der Waals surface area contributed by atoms with Crippen LogP contribution in [0, 0.1) is 0 Å². The minimum atomic E-state index is -1.62. The molecule has 2 aliphatic heterocycles. The van der Waals surface area contributed by atoms with Crippen LogP contribution in [0.15, 0.2) is 82.8 Å². The maximum Gasteiger partial charge on any atom is 0.413 e. The molecule has 0 fully saturated rings. The molecule has 0 radical (unpaired) electrons. The Hall–Kier alpha value is -9.96. The number of amidine groups is 2. The zero-order chi connectivity index (χ0) is 78.9. The molecular weight excluding hydrogens is 1370 g/mol. The first-order valence-electron chi connectivity index (χ1n) is 35.2. The van der Waals surface area contributed by atoms with Gasteiger partial charge in [0, 0.05) is 13.1 Å². The van der Waals surface area contributed by atoms with Gasteiger partial charge in [-0.15, -0.1) is 0 Å². The van der Waals surface area contributed by atoms with Crippen molar-refractivity contribution in [3.63, 3.8) is 0 Å². The van der Waals surface area contributed by atoms with E-state index in [4.69, 9.17) is 56.8 Å². The summed E-state index contributed by atoms with van der Waals surface area (Å²) < 4.78 is 70.5. The molecule has 2 atom stereocenters. The third-order valence-electron chi connectivity index (χ3n) is 14.6. The highest BCUT2D eigenvalue weighted by Crippen LogP contribution is 2.38. The summed E-state index contributed by atoms with van der Waals surface area (Å²) in [4.78, 5) is 152. The number of nitrogens with one attached hydrogen (secondary N) is 2. The van der Waals surface area contributed by atoms with Gasteiger partial charge in [0.05, 0.1) is 86.1 Å². The lowest BCUT2D eigenvalue weighted by atomic mass is 10.0. The van der Waals surface area contributed by atoms with Gasteiger partial charge in [0.2, 0.25) is 0 Å². The molecule has 0 unspecified atom stereocenters. The predicted octanol–water partition coefficient (Wildman–Crippen LogP) is 12.4. The van der Waals surface area contributed by atoms with E-state index in [9.17, 15) is 38.4 Å². The summed E-state index contributed by atoms with van der Waals surface area (Å²) in [6.07, 6.45) is -1.45. The van der Waals surface area contributed by atoms with Crippen LogP contribution in [0.25, 0.3) is 0 Å². The topological polar surface area (TPSA) is 337 Å². The van der Waals surface area contributed by atoms with Crippen molar-refractivity contribution in [1.82, 2.24) is 20.4 Å². The van der Waals surface area contributed by atoms with Gasteiger partial charge in [-0.1, -0.05) is 12.1 Å². The van der Waals surface area contributed by atoms with Gasteiger partial charge in [0.25, 0.3) is 11.8 Å². The van der Waals surface area contributed by atoms with Crippen LogP contribution in [-0.2, 0) is 69.9 Å². The largest absolute Gasteiger partial charge is 0.489 e. The van der Waals surface area contributed by atoms with Gasteiger partial charge in [-0.2, -0.15) is 0 Å². The molecule has 0 aromatic heterocycles. The average molecular weight is 1480 g/mol. The molecule has 106 heavy (non-hydrogen) atoms. The normalized spacial score (nSPS) is 14.5. The van der Waals surface area contributed by atoms with Crippen LogP contribution in [0.1, 0.15) is 217 Å². The fraction of sp³-hybridized carbons (Fsp3) is 0.538. The lowest BCUT2D eigenvalue weighted by Gasteiger charge is -2.33. The number of carbonyl (C=O) groups is 10. The summed E-state index contributed by atoms with van der Waals surface area (Å²) >= 11 is 0. The Morgan fingerprint density at radius 1 is 0.453 bits per heavy atom. The number of nitrogens with zero attached hydrogens (tertiary/aromatic N) is 4. The van der Waals surface area contributed by atoms with Crippen molar-refractivity contribution in [3.05, 3.63) is 106 Å². The second-order valence-electron chi connectivity index (χ2n) is 31.2. The van der Waals surface area contributed by atoms with Gasteiger partial charge in [0.15, 0.2) is 23.0 Å². The average Bonchev–Trinajstić information content (AvgIpc) is 0.797. The summed E-state index contributed by atoms with van der Waals surface area (Å²) in [5.41, 5.74) is -3.56. The van der Waals surface area contributed by atoms with Gasteiger partial charge in [-0.05, 0) is 236 Å². The second-order valence-corrected chi connectivity index (χ2v) is 31.2. The fourth-order valence-corrected chi connectivity index (χ4v) is 10.7. The second kappa shape index (κ2) is 36.4. The van der Waals surface area contributed by atoms with Crippen molar-refractivity contribution >= 4 is 82.9 Å². The first-order chi connectivity index (χ1) is 49.2. The number of rotatable bonds is 21. The van der Waals surface area contributed by atoms with E-state index in [1.807, 2.05) is 0 Å². The highest BCUT2D eigenvalue weighted by atomic mass is 16.6. The lowest BCUT2D eigenvalue weighted by molar-refractivity contribution is -0.168. The summed E-state index contributed by atoms with van der Waals surface area (Å²) in [7, 11) is 0. The van der Waals surface area contributed by atoms with Gasteiger partial charge < -0.3 is 66.6 Å². The number of carbonyl (C=O) groups excluding carboxylic acids is 10. The van der Waals surface area contributed by atoms with Gasteiger partial charge in [0.1, 0.15) is 57.4 Å². The lowest BCUT2D eigenvalue weighted by Crippen LogP contribution is -2.50. The van der Waals surface area contributed by atoms with E-state index in [1.54, 1.807) is 175 Å². The number of hydrogen-bond donors (Lipinski definition) is 2. The van der Waals surface area contributed by atoms with Crippen LogP contribution in [0.5, 0.6) is 23.0 Å². The Morgan fingerprint density at radius 3 is 1.12 bits per heavy atom. The molecule has 6 rings (SSSR count). The summed E-state index contributed by atoms with van der Waals surface area (Å²) in [6, 6.07) is 15.1. The number of amides is 4. The molecule has 2 aliphatic rings. The van der Waals surface area contributed by atoms with E-state index in [0.29, 0.717) is 48.2 Å². The summed E-state index contributed by atoms with van der Waals surface area (Å²) in [6.45, 7) is 31.6. The molecular formula is C78H104N6O22. The van der Waals surface area contributed by atoms with Crippen molar-refractivity contribution < 1.29 is 105 Å². The van der Waals surface area contributed by atoms with Crippen LogP contribution in [-0.4, -0.2) is 180 Å². The molecule has 4 aromatic carbocycles. The van der Waals surface area contributed by atoms with E-state index < -0.39 is 118 Å². The minimum absolute atomic E-state index is 0.00472. The number of benzene rings is 4. The van der Waals surface area contributed by atoms with Crippen molar-refractivity contribution in [2.75, 3.05) is 52.7 Å². The van der Waals surface area contributed by atoms with E-state index in [1.165, 1.54) is 36.4 Å². The first-order valence-corrected chi connectivity index (χ1v) is 35.2.